The average molecular weight is 587 g/mol. The van der Waals surface area contributed by atoms with Crippen molar-refractivity contribution in [3.8, 4) is 5.75 Å². The largest absolute Gasteiger partial charge is 0.458 e. The number of likely N-dealkylation sites (tertiary alicyclic amines) is 1. The average Bonchev–Trinajstić information content (AvgIpc) is 3.40. The van der Waals surface area contributed by atoms with Crippen LogP contribution >= 0.6 is 0 Å². The van der Waals surface area contributed by atoms with Crippen LogP contribution in [0.1, 0.15) is 64.0 Å². The van der Waals surface area contributed by atoms with E-state index < -0.39 is 39.6 Å². The van der Waals surface area contributed by atoms with Gasteiger partial charge in [0.2, 0.25) is 15.9 Å². The van der Waals surface area contributed by atoms with Crippen molar-refractivity contribution >= 4 is 21.9 Å². The molecule has 0 spiro atoms. The summed E-state index contributed by atoms with van der Waals surface area (Å²) in [6.45, 7) is 9.37. The van der Waals surface area contributed by atoms with Gasteiger partial charge in [-0.3, -0.25) is 4.79 Å². The fourth-order valence-corrected chi connectivity index (χ4v) is 7.08. The van der Waals surface area contributed by atoms with E-state index in [-0.39, 0.29) is 17.9 Å². The first kappa shape index (κ1) is 31.0. The predicted octanol–water partition coefficient (Wildman–Crippen LogP) is 4.14. The molecular formula is C31H44N3O6S+. The van der Waals surface area contributed by atoms with Crippen molar-refractivity contribution in [2.24, 2.45) is 0 Å². The molecule has 2 aromatic carbocycles. The van der Waals surface area contributed by atoms with Crippen LogP contribution in [-0.2, 0) is 30.8 Å². The van der Waals surface area contributed by atoms with E-state index in [2.05, 4.69) is 12.4 Å². The highest BCUT2D eigenvalue weighted by Crippen LogP contribution is 2.27. The number of rotatable bonds is 9. The Labute approximate surface area is 244 Å². The molecule has 0 radical (unpaired) electrons. The quantitative estimate of drug-likeness (QED) is 0.350. The third-order valence-corrected chi connectivity index (χ3v) is 9.52. The molecule has 0 aromatic heterocycles. The number of quaternary nitrogens is 1. The fourth-order valence-electron chi connectivity index (χ4n) is 5.42. The zero-order chi connectivity index (χ0) is 29.8. The van der Waals surface area contributed by atoms with E-state index in [0.29, 0.717) is 17.5 Å². The lowest BCUT2D eigenvalue weighted by Gasteiger charge is -2.34. The van der Waals surface area contributed by atoms with Crippen molar-refractivity contribution in [3.05, 3.63) is 59.7 Å². The van der Waals surface area contributed by atoms with E-state index in [1.807, 2.05) is 31.2 Å². The number of piperidine rings is 1. The number of sulfonamides is 1. The van der Waals surface area contributed by atoms with Crippen LogP contribution in [-0.4, -0.2) is 73.6 Å². The first-order chi connectivity index (χ1) is 19.3. The number of benzene rings is 2. The van der Waals surface area contributed by atoms with Gasteiger partial charge < -0.3 is 14.9 Å². The molecule has 2 saturated heterocycles. The number of hydroxylamine groups is 3. The van der Waals surface area contributed by atoms with E-state index in [9.17, 15) is 18.0 Å². The van der Waals surface area contributed by atoms with Crippen molar-refractivity contribution in [2.45, 2.75) is 88.8 Å². The summed E-state index contributed by atoms with van der Waals surface area (Å²) in [5.74, 6) is -0.320. The molecule has 0 saturated carbocycles. The van der Waals surface area contributed by atoms with Crippen LogP contribution in [0, 0.1) is 6.92 Å². The predicted molar refractivity (Wildman–Crippen MR) is 156 cm³/mol. The Morgan fingerprint density at radius 1 is 1.00 bits per heavy atom. The van der Waals surface area contributed by atoms with Crippen molar-refractivity contribution in [2.75, 3.05) is 26.7 Å². The van der Waals surface area contributed by atoms with Gasteiger partial charge in [-0.15, -0.1) is 4.65 Å². The smallest absolute Gasteiger partial charge is 0.329 e. The molecule has 10 heteroatoms. The Bertz CT molecular complexity index is 1310. The molecule has 2 heterocycles. The third kappa shape index (κ3) is 8.08. The molecule has 4 rings (SSSR count). The van der Waals surface area contributed by atoms with Gasteiger partial charge in [-0.2, -0.15) is 4.31 Å². The van der Waals surface area contributed by atoms with E-state index in [1.54, 1.807) is 45.0 Å². The minimum atomic E-state index is -3.87. The summed E-state index contributed by atoms with van der Waals surface area (Å²) < 4.78 is 34.2. The van der Waals surface area contributed by atoms with Crippen molar-refractivity contribution < 1.29 is 32.2 Å². The summed E-state index contributed by atoms with van der Waals surface area (Å²) in [5, 5.41) is 2.82. The van der Waals surface area contributed by atoms with Gasteiger partial charge in [0.15, 0.2) is 5.75 Å². The summed E-state index contributed by atoms with van der Waals surface area (Å²) in [4.78, 5) is 33.1. The molecule has 2 aliphatic rings. The van der Waals surface area contributed by atoms with Crippen molar-refractivity contribution in [1.29, 1.82) is 0 Å². The molecule has 2 aliphatic heterocycles. The van der Waals surface area contributed by atoms with Gasteiger partial charge in [0.1, 0.15) is 37.8 Å². The lowest BCUT2D eigenvalue weighted by Crippen LogP contribution is -2.52. The molecule has 1 N–H and O–H groups in total. The van der Waals surface area contributed by atoms with Crippen LogP contribution in [0.5, 0.6) is 5.75 Å². The van der Waals surface area contributed by atoms with Gasteiger partial charge >= 0.3 is 5.97 Å². The number of carbonyl (C=O) groups is 2. The summed E-state index contributed by atoms with van der Waals surface area (Å²) >= 11 is 0. The number of aryl methyl sites for hydroxylation is 1. The number of amides is 1. The van der Waals surface area contributed by atoms with Crippen LogP contribution in [0.25, 0.3) is 0 Å². The second-order valence-electron chi connectivity index (χ2n) is 12.4. The number of esters is 1. The highest BCUT2D eigenvalue weighted by atomic mass is 32.2. The SMILES string of the molecule is Cc1ccc(S(=O)(=O)N2CCC[C@H]2C(=O)N[C@@H](Cc2ccc(O[N+]3(C)CCCCC3)cc2)C(=O)OC(C)(C)C)cc1. The summed E-state index contributed by atoms with van der Waals surface area (Å²) in [5.41, 5.74) is 1.02. The Balaban J connectivity index is 1.49. The standard InChI is InChI=1S/C31H43N3O6S/c1-23-11-17-26(18-12-23)41(37,38)33-19-9-10-28(33)29(35)32-27(30(36)39-31(2,3)4)22-24-13-15-25(16-14-24)40-34(5)20-7-6-8-21-34/h11-18,27-28H,6-10,19-22H2,1-5H3/p+1/t27-,28-/m0/s1. The van der Waals surface area contributed by atoms with Crippen LogP contribution in [0.15, 0.2) is 53.4 Å². The second-order valence-corrected chi connectivity index (χ2v) is 14.3. The molecule has 224 valence electrons. The highest BCUT2D eigenvalue weighted by Gasteiger charge is 2.41. The molecule has 2 aromatic rings. The lowest BCUT2D eigenvalue weighted by atomic mass is 10.0. The number of hydrogen-bond donors (Lipinski definition) is 1. The van der Waals surface area contributed by atoms with Crippen LogP contribution in [0.3, 0.4) is 0 Å². The van der Waals surface area contributed by atoms with Gasteiger partial charge in [-0.25, -0.2) is 13.2 Å². The van der Waals surface area contributed by atoms with E-state index in [0.717, 1.165) is 42.8 Å². The molecule has 1 amide bonds. The van der Waals surface area contributed by atoms with Gasteiger partial charge in [-0.1, -0.05) is 29.8 Å². The third-order valence-electron chi connectivity index (χ3n) is 7.59. The topological polar surface area (TPSA) is 102 Å². The number of hydrogen-bond acceptors (Lipinski definition) is 6. The Kier molecular flexibility index (Phi) is 9.45. The molecule has 0 unspecified atom stereocenters. The monoisotopic (exact) mass is 586 g/mol. The molecule has 9 nitrogen and oxygen atoms in total. The van der Waals surface area contributed by atoms with Gasteiger partial charge in [-0.05, 0) is 76.8 Å². The Morgan fingerprint density at radius 2 is 1.63 bits per heavy atom. The maximum atomic E-state index is 13.5. The zero-order valence-corrected chi connectivity index (χ0v) is 25.7. The minimum Gasteiger partial charge on any atom is -0.458 e. The van der Waals surface area contributed by atoms with Gasteiger partial charge in [0, 0.05) is 25.8 Å². The Hall–Kier alpha value is -2.95. The van der Waals surface area contributed by atoms with E-state index in [4.69, 9.17) is 9.57 Å². The minimum absolute atomic E-state index is 0.148. The number of nitrogens with zero attached hydrogens (tertiary/aromatic N) is 2. The van der Waals surface area contributed by atoms with Gasteiger partial charge in [0.05, 0.1) is 4.90 Å². The van der Waals surface area contributed by atoms with Crippen LogP contribution < -0.4 is 10.2 Å². The molecule has 0 bridgehead atoms. The van der Waals surface area contributed by atoms with Crippen molar-refractivity contribution in [3.63, 3.8) is 0 Å². The zero-order valence-electron chi connectivity index (χ0n) is 24.9. The molecule has 0 aliphatic carbocycles. The molecule has 2 fully saturated rings. The first-order valence-corrected chi connectivity index (χ1v) is 15.9. The van der Waals surface area contributed by atoms with E-state index in [1.165, 1.54) is 10.7 Å². The lowest BCUT2D eigenvalue weighted by molar-refractivity contribution is -1.07. The molecule has 2 atom stereocenters. The van der Waals surface area contributed by atoms with Gasteiger partial charge in [0.25, 0.3) is 0 Å². The summed E-state index contributed by atoms with van der Waals surface area (Å²) in [7, 11) is -1.78. The number of carbonyl (C=O) groups excluding carboxylic acids is 2. The summed E-state index contributed by atoms with van der Waals surface area (Å²) in [6.07, 6.45) is 4.63. The Morgan fingerprint density at radius 3 is 2.24 bits per heavy atom. The highest BCUT2D eigenvalue weighted by molar-refractivity contribution is 7.89. The summed E-state index contributed by atoms with van der Waals surface area (Å²) in [6, 6.07) is 12.2. The fraction of sp³-hybridized carbons (Fsp3) is 0.548. The second kappa shape index (κ2) is 12.5. The first-order valence-electron chi connectivity index (χ1n) is 14.5. The van der Waals surface area contributed by atoms with Crippen LogP contribution in [0.2, 0.25) is 0 Å². The maximum absolute atomic E-state index is 13.5. The number of nitrogens with one attached hydrogen (secondary N) is 1. The maximum Gasteiger partial charge on any atom is 0.329 e. The van der Waals surface area contributed by atoms with E-state index >= 15 is 0 Å². The van der Waals surface area contributed by atoms with Crippen LogP contribution in [0.4, 0.5) is 0 Å². The normalized spacial score (nSPS) is 20.3. The van der Waals surface area contributed by atoms with Crippen molar-refractivity contribution in [1.82, 2.24) is 9.62 Å². The number of ether oxygens (including phenoxy) is 1. The molecular weight excluding hydrogens is 542 g/mol. The molecule has 41 heavy (non-hydrogen) atoms.